The zero-order valence-electron chi connectivity index (χ0n) is 21.4. The average Bonchev–Trinajstić information content (AvgIpc) is 2.76. The van der Waals surface area contributed by atoms with Gasteiger partial charge in [-0.05, 0) is 56.4 Å². The fourth-order valence-electron chi connectivity index (χ4n) is 4.29. The number of fused-ring (bicyclic) bond motifs is 1. The molecular weight excluding hydrogens is 469 g/mol. The third kappa shape index (κ3) is 6.83. The van der Waals surface area contributed by atoms with E-state index >= 15 is 0 Å². The zero-order valence-corrected chi connectivity index (χ0v) is 21.4. The number of nitrogens with zero attached hydrogens (tertiary/aromatic N) is 3. The number of hydrogen-bond donors (Lipinski definition) is 3. The maximum atomic E-state index is 13.4. The number of anilines is 2. The van der Waals surface area contributed by atoms with E-state index in [2.05, 4.69) is 44.7 Å². The molecule has 0 aliphatic rings. The number of hydrogen-bond acceptors (Lipinski definition) is 6. The first-order chi connectivity index (χ1) is 16.8. The molecule has 0 spiro atoms. The number of aromatic nitrogens is 3. The zero-order chi connectivity index (χ0) is 26.6. The van der Waals surface area contributed by atoms with Gasteiger partial charge in [-0.1, -0.05) is 26.0 Å². The Morgan fingerprint density at radius 1 is 1.08 bits per heavy atom. The van der Waals surface area contributed by atoms with Gasteiger partial charge in [0, 0.05) is 19.5 Å². The van der Waals surface area contributed by atoms with Crippen LogP contribution in [0.4, 0.5) is 24.7 Å². The summed E-state index contributed by atoms with van der Waals surface area (Å²) in [5, 5.41) is 10.2. The van der Waals surface area contributed by atoms with E-state index in [1.807, 2.05) is 6.07 Å². The van der Waals surface area contributed by atoms with Crippen molar-refractivity contribution in [2.45, 2.75) is 66.2 Å². The first kappa shape index (κ1) is 27.2. The number of benzene rings is 1. The van der Waals surface area contributed by atoms with Crippen molar-refractivity contribution in [3.63, 3.8) is 0 Å². The van der Waals surface area contributed by atoms with Gasteiger partial charge < -0.3 is 16.0 Å². The molecule has 1 amide bonds. The number of halogens is 3. The lowest BCUT2D eigenvalue weighted by Gasteiger charge is -2.23. The molecule has 0 aliphatic heterocycles. The van der Waals surface area contributed by atoms with Crippen LogP contribution in [0.5, 0.6) is 0 Å². The summed E-state index contributed by atoms with van der Waals surface area (Å²) >= 11 is 0. The van der Waals surface area contributed by atoms with Crippen LogP contribution in [0.15, 0.2) is 30.5 Å². The number of aryl methyl sites for hydroxylation is 1. The summed E-state index contributed by atoms with van der Waals surface area (Å²) in [7, 11) is 0. The van der Waals surface area contributed by atoms with Crippen LogP contribution in [0.3, 0.4) is 0 Å². The van der Waals surface area contributed by atoms with Gasteiger partial charge in [0.15, 0.2) is 5.65 Å². The van der Waals surface area contributed by atoms with Crippen LogP contribution in [-0.4, -0.2) is 33.4 Å². The van der Waals surface area contributed by atoms with Gasteiger partial charge in [0.2, 0.25) is 5.91 Å². The summed E-state index contributed by atoms with van der Waals surface area (Å²) in [6.45, 7) is 11.2. The van der Waals surface area contributed by atoms with Crippen LogP contribution in [0.1, 0.15) is 62.7 Å². The molecule has 0 bridgehead atoms. The van der Waals surface area contributed by atoms with Crippen molar-refractivity contribution in [2.24, 2.45) is 5.92 Å². The SMILES string of the molecule is CC(=O)NC[C@H](CC(C)C)Nc1cnc2nc(C)nc(N[C@H](C)c3cccc(C(F)(F)F)c3C)c2c1. The van der Waals surface area contributed by atoms with Crippen LogP contribution in [0, 0.1) is 19.8 Å². The molecule has 36 heavy (non-hydrogen) atoms. The van der Waals surface area contributed by atoms with Crippen molar-refractivity contribution in [1.29, 1.82) is 0 Å². The van der Waals surface area contributed by atoms with Crippen molar-refractivity contribution in [1.82, 2.24) is 20.3 Å². The molecule has 0 unspecified atom stereocenters. The molecule has 2 aromatic heterocycles. The van der Waals surface area contributed by atoms with Gasteiger partial charge in [-0.2, -0.15) is 13.2 Å². The second-order valence-corrected chi connectivity index (χ2v) is 9.51. The third-order valence-electron chi connectivity index (χ3n) is 5.89. The number of carbonyl (C=O) groups excluding carboxylic acids is 1. The van der Waals surface area contributed by atoms with E-state index in [1.54, 1.807) is 26.1 Å². The van der Waals surface area contributed by atoms with Crippen LogP contribution in [0.25, 0.3) is 11.0 Å². The maximum absolute atomic E-state index is 13.4. The van der Waals surface area contributed by atoms with Gasteiger partial charge in [0.1, 0.15) is 11.6 Å². The standard InChI is InChI=1S/C26H33F3N6O/c1-14(2)10-19(12-30-18(6)36)35-20-11-22-24(31-13-20)33-17(5)34-25(22)32-16(4)21-8-7-9-23(15(21)3)26(27,28)29/h7-9,11,13-14,16,19,35H,10,12H2,1-6H3,(H,30,36)(H,31,32,33,34)/t16-,19+/m1/s1. The van der Waals surface area contributed by atoms with Crippen molar-refractivity contribution >= 4 is 28.4 Å². The molecule has 1 aromatic carbocycles. The molecule has 0 saturated heterocycles. The molecule has 2 atom stereocenters. The largest absolute Gasteiger partial charge is 0.416 e. The third-order valence-corrected chi connectivity index (χ3v) is 5.89. The van der Waals surface area contributed by atoms with Crippen molar-refractivity contribution in [2.75, 3.05) is 17.2 Å². The molecule has 3 N–H and O–H groups in total. The predicted octanol–water partition coefficient (Wildman–Crippen LogP) is 5.80. The highest BCUT2D eigenvalue weighted by molar-refractivity contribution is 5.89. The van der Waals surface area contributed by atoms with Crippen LogP contribution >= 0.6 is 0 Å². The maximum Gasteiger partial charge on any atom is 0.416 e. The van der Waals surface area contributed by atoms with E-state index in [0.29, 0.717) is 40.7 Å². The molecule has 7 nitrogen and oxygen atoms in total. The van der Waals surface area contributed by atoms with Gasteiger partial charge in [0.05, 0.1) is 28.9 Å². The quantitative estimate of drug-likeness (QED) is 0.343. The minimum absolute atomic E-state index is 0.0115. The van der Waals surface area contributed by atoms with Crippen LogP contribution in [0.2, 0.25) is 0 Å². The molecule has 3 rings (SSSR count). The second kappa shape index (κ2) is 11.1. The minimum atomic E-state index is -4.42. The lowest BCUT2D eigenvalue weighted by molar-refractivity contribution is -0.138. The molecule has 3 aromatic rings. The molecule has 0 saturated carbocycles. The van der Waals surface area contributed by atoms with Crippen molar-refractivity contribution in [3.05, 3.63) is 53.0 Å². The summed E-state index contributed by atoms with van der Waals surface area (Å²) in [6, 6.07) is 5.60. The number of nitrogens with one attached hydrogen (secondary N) is 3. The summed E-state index contributed by atoms with van der Waals surface area (Å²) in [4.78, 5) is 24.8. The first-order valence-electron chi connectivity index (χ1n) is 11.9. The predicted molar refractivity (Wildman–Crippen MR) is 136 cm³/mol. The molecule has 2 heterocycles. The first-order valence-corrected chi connectivity index (χ1v) is 11.9. The molecule has 0 fully saturated rings. The molecule has 194 valence electrons. The average molecular weight is 503 g/mol. The van der Waals surface area contributed by atoms with E-state index in [1.165, 1.54) is 19.9 Å². The molecule has 0 aliphatic carbocycles. The minimum Gasteiger partial charge on any atom is -0.379 e. The van der Waals surface area contributed by atoms with Gasteiger partial charge in [0.25, 0.3) is 0 Å². The van der Waals surface area contributed by atoms with Gasteiger partial charge in [-0.3, -0.25) is 4.79 Å². The van der Waals surface area contributed by atoms with Crippen LogP contribution < -0.4 is 16.0 Å². The summed E-state index contributed by atoms with van der Waals surface area (Å²) in [6.07, 6.45) is -1.91. The Morgan fingerprint density at radius 3 is 2.44 bits per heavy atom. The Hall–Kier alpha value is -3.43. The summed E-state index contributed by atoms with van der Waals surface area (Å²) in [5.41, 5.74) is 1.27. The van der Waals surface area contributed by atoms with Crippen molar-refractivity contribution in [3.8, 4) is 0 Å². The lowest BCUT2D eigenvalue weighted by atomic mass is 9.97. The normalized spacial score (nSPS) is 13.5. The Kier molecular flexibility index (Phi) is 8.37. The topological polar surface area (TPSA) is 91.8 Å². The molecular formula is C26H33F3N6O. The van der Waals surface area contributed by atoms with Gasteiger partial charge in [-0.15, -0.1) is 0 Å². The number of rotatable bonds is 9. The highest BCUT2D eigenvalue weighted by atomic mass is 19.4. The Morgan fingerprint density at radius 2 is 1.81 bits per heavy atom. The van der Waals surface area contributed by atoms with Crippen molar-refractivity contribution < 1.29 is 18.0 Å². The smallest absolute Gasteiger partial charge is 0.379 e. The Labute approximate surface area is 209 Å². The number of amides is 1. The highest BCUT2D eigenvalue weighted by Gasteiger charge is 2.33. The Bertz CT molecular complexity index is 1230. The summed E-state index contributed by atoms with van der Waals surface area (Å²) in [5.74, 6) is 1.29. The number of carbonyl (C=O) groups is 1. The van der Waals surface area contributed by atoms with Gasteiger partial charge in [-0.25, -0.2) is 15.0 Å². The molecule has 10 heteroatoms. The van der Waals surface area contributed by atoms with E-state index in [4.69, 9.17) is 0 Å². The lowest BCUT2D eigenvalue weighted by Crippen LogP contribution is -2.36. The van der Waals surface area contributed by atoms with E-state index in [9.17, 15) is 18.0 Å². The van der Waals surface area contributed by atoms with E-state index in [0.717, 1.165) is 18.2 Å². The van der Waals surface area contributed by atoms with Gasteiger partial charge >= 0.3 is 6.18 Å². The Balaban J connectivity index is 1.94. The highest BCUT2D eigenvalue weighted by Crippen LogP contribution is 2.35. The number of alkyl halides is 3. The summed E-state index contributed by atoms with van der Waals surface area (Å²) < 4.78 is 40.3. The van der Waals surface area contributed by atoms with E-state index in [-0.39, 0.29) is 17.5 Å². The second-order valence-electron chi connectivity index (χ2n) is 9.51. The fourth-order valence-corrected chi connectivity index (χ4v) is 4.29. The molecule has 0 radical (unpaired) electrons. The van der Waals surface area contributed by atoms with E-state index < -0.39 is 17.8 Å². The number of pyridine rings is 1. The fraction of sp³-hybridized carbons (Fsp3) is 0.462. The van der Waals surface area contributed by atoms with Crippen LogP contribution in [-0.2, 0) is 11.0 Å². The monoisotopic (exact) mass is 502 g/mol.